The molecule has 0 amide bonds. The normalized spacial score (nSPS) is 12.1. The van der Waals surface area contributed by atoms with Crippen LogP contribution in [-0.2, 0) is 16.0 Å². The summed E-state index contributed by atoms with van der Waals surface area (Å²) < 4.78 is 10.2. The first kappa shape index (κ1) is 16.4. The summed E-state index contributed by atoms with van der Waals surface area (Å²) >= 11 is 0. The molecule has 0 aromatic heterocycles. The van der Waals surface area contributed by atoms with Gasteiger partial charge in [0.1, 0.15) is 0 Å². The number of nitrogens with two attached hydrogens (primary N) is 1. The fraction of sp³-hybridized carbons (Fsp3) is 0.500. The number of ether oxygens (including phenoxy) is 2. The zero-order valence-corrected chi connectivity index (χ0v) is 12.1. The van der Waals surface area contributed by atoms with Crippen molar-refractivity contribution in [3.63, 3.8) is 0 Å². The molecular weight excluding hydrogens is 258 g/mol. The van der Waals surface area contributed by atoms with Crippen LogP contribution in [-0.4, -0.2) is 56.5 Å². The molecule has 0 aliphatic rings. The first-order valence-corrected chi connectivity index (χ1v) is 6.48. The fourth-order valence-corrected chi connectivity index (χ4v) is 1.81. The van der Waals surface area contributed by atoms with Crippen LogP contribution in [0.5, 0.6) is 0 Å². The summed E-state index contributed by atoms with van der Waals surface area (Å²) in [4.78, 5) is 2.26. The van der Waals surface area contributed by atoms with Crippen molar-refractivity contribution in [1.82, 2.24) is 4.90 Å². The Hall–Kier alpha value is -1.63. The molecule has 3 N–H and O–H groups in total. The Morgan fingerprint density at radius 3 is 2.15 bits per heavy atom. The van der Waals surface area contributed by atoms with Crippen LogP contribution >= 0.6 is 0 Å². The minimum atomic E-state index is 0.118. The molecule has 0 fully saturated rings. The number of oxime groups is 1. The van der Waals surface area contributed by atoms with Gasteiger partial charge < -0.3 is 20.4 Å². The molecule has 0 aliphatic heterocycles. The molecule has 1 rings (SSSR count). The number of hydrogen-bond donors (Lipinski definition) is 2. The second-order valence-electron chi connectivity index (χ2n) is 4.44. The second kappa shape index (κ2) is 9.30. The summed E-state index contributed by atoms with van der Waals surface area (Å²) in [5.74, 6) is 0.118. The van der Waals surface area contributed by atoms with Gasteiger partial charge in [-0.25, -0.2) is 0 Å². The van der Waals surface area contributed by atoms with Gasteiger partial charge in [-0.2, -0.15) is 0 Å². The molecule has 0 atom stereocenters. The van der Waals surface area contributed by atoms with E-state index >= 15 is 0 Å². The van der Waals surface area contributed by atoms with E-state index in [0.29, 0.717) is 18.8 Å². The Labute approximate surface area is 119 Å². The summed E-state index contributed by atoms with van der Waals surface area (Å²) in [5.41, 5.74) is 7.40. The maximum atomic E-state index is 8.62. The highest BCUT2D eigenvalue weighted by Gasteiger charge is 2.06. The van der Waals surface area contributed by atoms with E-state index in [-0.39, 0.29) is 5.84 Å². The topological polar surface area (TPSA) is 80.3 Å². The summed E-state index contributed by atoms with van der Waals surface area (Å²) in [6.45, 7) is 3.88. The van der Waals surface area contributed by atoms with Gasteiger partial charge in [0.15, 0.2) is 5.84 Å². The standard InChI is InChI=1S/C14H23N3O3/c1-19-9-7-17(8-10-20-2)11-12-3-5-13(6-4-12)14(15)16-18/h3-6,18H,7-11H2,1-2H3,(H2,15,16). The molecular formula is C14H23N3O3. The van der Waals surface area contributed by atoms with Crippen molar-refractivity contribution >= 4 is 5.84 Å². The van der Waals surface area contributed by atoms with Crippen LogP contribution in [0.3, 0.4) is 0 Å². The Balaban J connectivity index is 2.62. The molecule has 0 unspecified atom stereocenters. The van der Waals surface area contributed by atoms with E-state index in [1.165, 1.54) is 0 Å². The van der Waals surface area contributed by atoms with Gasteiger partial charge in [-0.05, 0) is 5.56 Å². The van der Waals surface area contributed by atoms with E-state index in [2.05, 4.69) is 10.1 Å². The summed E-state index contributed by atoms with van der Waals surface area (Å²) in [6.07, 6.45) is 0. The summed E-state index contributed by atoms with van der Waals surface area (Å²) in [6, 6.07) is 7.63. The third-order valence-corrected chi connectivity index (χ3v) is 2.99. The molecule has 6 heteroatoms. The van der Waals surface area contributed by atoms with Crippen molar-refractivity contribution in [3.05, 3.63) is 35.4 Å². The van der Waals surface area contributed by atoms with E-state index in [1.807, 2.05) is 24.3 Å². The molecule has 0 heterocycles. The van der Waals surface area contributed by atoms with Crippen LogP contribution in [0.15, 0.2) is 29.4 Å². The van der Waals surface area contributed by atoms with E-state index in [1.54, 1.807) is 14.2 Å². The predicted molar refractivity (Wildman–Crippen MR) is 78.0 cm³/mol. The molecule has 6 nitrogen and oxygen atoms in total. The quantitative estimate of drug-likeness (QED) is 0.304. The van der Waals surface area contributed by atoms with Crippen molar-refractivity contribution in [2.75, 3.05) is 40.5 Å². The van der Waals surface area contributed by atoms with Crippen LogP contribution in [0.2, 0.25) is 0 Å². The van der Waals surface area contributed by atoms with Gasteiger partial charge in [0.25, 0.3) is 0 Å². The lowest BCUT2D eigenvalue weighted by Gasteiger charge is -2.21. The largest absolute Gasteiger partial charge is 0.409 e. The highest BCUT2D eigenvalue weighted by atomic mass is 16.5. The van der Waals surface area contributed by atoms with Gasteiger partial charge in [-0.15, -0.1) is 0 Å². The predicted octanol–water partition coefficient (Wildman–Crippen LogP) is 0.876. The Kier molecular flexibility index (Phi) is 7.64. The average molecular weight is 281 g/mol. The van der Waals surface area contributed by atoms with Gasteiger partial charge in [0, 0.05) is 39.4 Å². The molecule has 1 aromatic carbocycles. The summed E-state index contributed by atoms with van der Waals surface area (Å²) in [7, 11) is 3.39. The smallest absolute Gasteiger partial charge is 0.170 e. The number of amidine groups is 1. The van der Waals surface area contributed by atoms with Crippen LogP contribution in [0.25, 0.3) is 0 Å². The fourth-order valence-electron chi connectivity index (χ4n) is 1.81. The van der Waals surface area contributed by atoms with E-state index in [9.17, 15) is 0 Å². The van der Waals surface area contributed by atoms with Crippen LogP contribution in [0.1, 0.15) is 11.1 Å². The molecule has 20 heavy (non-hydrogen) atoms. The SMILES string of the molecule is COCCN(CCOC)Cc1ccc(C(N)=NO)cc1. The third-order valence-electron chi connectivity index (χ3n) is 2.99. The lowest BCUT2D eigenvalue weighted by Crippen LogP contribution is -2.30. The second-order valence-corrected chi connectivity index (χ2v) is 4.44. The zero-order valence-electron chi connectivity index (χ0n) is 12.1. The molecule has 0 bridgehead atoms. The van der Waals surface area contributed by atoms with Crippen molar-refractivity contribution < 1.29 is 14.7 Å². The van der Waals surface area contributed by atoms with Gasteiger partial charge in [-0.3, -0.25) is 4.90 Å². The van der Waals surface area contributed by atoms with E-state index in [0.717, 1.165) is 25.2 Å². The molecule has 1 aromatic rings. The monoisotopic (exact) mass is 281 g/mol. The van der Waals surface area contributed by atoms with Gasteiger partial charge in [0.2, 0.25) is 0 Å². The number of hydrogen-bond acceptors (Lipinski definition) is 5. The van der Waals surface area contributed by atoms with Crippen LogP contribution < -0.4 is 5.73 Å². The lowest BCUT2D eigenvalue weighted by molar-refractivity contribution is 0.110. The first-order valence-electron chi connectivity index (χ1n) is 6.48. The maximum Gasteiger partial charge on any atom is 0.170 e. The summed E-state index contributed by atoms with van der Waals surface area (Å²) in [5, 5.41) is 11.6. The molecule has 0 aliphatic carbocycles. The Bertz CT molecular complexity index is 399. The van der Waals surface area contributed by atoms with Gasteiger partial charge >= 0.3 is 0 Å². The molecule has 0 radical (unpaired) electrons. The van der Waals surface area contributed by atoms with E-state index < -0.39 is 0 Å². The molecule has 0 saturated carbocycles. The highest BCUT2D eigenvalue weighted by Crippen LogP contribution is 2.07. The lowest BCUT2D eigenvalue weighted by atomic mass is 10.1. The van der Waals surface area contributed by atoms with Gasteiger partial charge in [0.05, 0.1) is 13.2 Å². The number of benzene rings is 1. The number of rotatable bonds is 9. The molecule has 0 saturated heterocycles. The molecule has 0 spiro atoms. The maximum absolute atomic E-state index is 8.62. The first-order chi connectivity index (χ1) is 9.71. The molecule has 112 valence electrons. The zero-order chi connectivity index (χ0) is 14.8. The van der Waals surface area contributed by atoms with Crippen molar-refractivity contribution in [1.29, 1.82) is 0 Å². The number of nitrogens with zero attached hydrogens (tertiary/aromatic N) is 2. The van der Waals surface area contributed by atoms with Crippen molar-refractivity contribution in [3.8, 4) is 0 Å². The third kappa shape index (κ3) is 5.56. The Morgan fingerprint density at radius 2 is 1.70 bits per heavy atom. The van der Waals surface area contributed by atoms with Crippen molar-refractivity contribution in [2.45, 2.75) is 6.54 Å². The minimum Gasteiger partial charge on any atom is -0.409 e. The minimum absolute atomic E-state index is 0.118. The van der Waals surface area contributed by atoms with Crippen molar-refractivity contribution in [2.24, 2.45) is 10.9 Å². The average Bonchev–Trinajstić information content (AvgIpc) is 2.49. The highest BCUT2D eigenvalue weighted by molar-refractivity contribution is 5.96. The Morgan fingerprint density at radius 1 is 1.15 bits per heavy atom. The van der Waals surface area contributed by atoms with Gasteiger partial charge in [-0.1, -0.05) is 29.4 Å². The van der Waals surface area contributed by atoms with Crippen LogP contribution in [0.4, 0.5) is 0 Å². The van der Waals surface area contributed by atoms with E-state index in [4.69, 9.17) is 20.4 Å². The van der Waals surface area contributed by atoms with Crippen LogP contribution in [0, 0.1) is 0 Å². The number of methoxy groups -OCH3 is 2.